The molecule has 3 heterocycles. The number of amides is 1. The number of H-pyrrole nitrogens is 2. The molecule has 3 N–H and O–H groups in total. The molecule has 0 aromatic carbocycles. The van der Waals surface area contributed by atoms with Crippen molar-refractivity contribution in [3.8, 4) is 0 Å². The number of halogens is 3. The van der Waals surface area contributed by atoms with Crippen LogP contribution in [-0.4, -0.2) is 17.1 Å². The van der Waals surface area contributed by atoms with Gasteiger partial charge < -0.3 is 5.32 Å². The summed E-state index contributed by atoms with van der Waals surface area (Å²) in [6, 6.07) is 7.55. The molecule has 1 saturated carbocycles. The zero-order chi connectivity index (χ0) is 18.3. The molecule has 1 fully saturated rings. The Balaban J connectivity index is 1.70. The van der Waals surface area contributed by atoms with Crippen molar-refractivity contribution >= 4 is 11.4 Å². The molecule has 5 nitrogen and oxygen atoms in total. The van der Waals surface area contributed by atoms with Crippen LogP contribution in [0.25, 0.3) is 5.52 Å². The minimum absolute atomic E-state index is 0.126. The van der Waals surface area contributed by atoms with Gasteiger partial charge >= 0.3 is 6.18 Å². The lowest BCUT2D eigenvalue weighted by Crippen LogP contribution is -2.41. The van der Waals surface area contributed by atoms with Crippen molar-refractivity contribution in [2.75, 3.05) is 0 Å². The van der Waals surface area contributed by atoms with Crippen molar-refractivity contribution in [2.24, 2.45) is 0 Å². The second-order valence-electron chi connectivity index (χ2n) is 6.38. The van der Waals surface area contributed by atoms with E-state index in [1.165, 1.54) is 18.3 Å². The van der Waals surface area contributed by atoms with E-state index in [0.29, 0.717) is 11.4 Å². The van der Waals surface area contributed by atoms with Gasteiger partial charge in [0.15, 0.2) is 11.7 Å². The third-order valence-corrected chi connectivity index (χ3v) is 4.47. The van der Waals surface area contributed by atoms with Gasteiger partial charge in [0.1, 0.15) is 0 Å². The van der Waals surface area contributed by atoms with E-state index < -0.39 is 18.1 Å². The van der Waals surface area contributed by atoms with E-state index in [0.717, 1.165) is 18.7 Å². The van der Waals surface area contributed by atoms with Crippen molar-refractivity contribution in [1.29, 1.82) is 0 Å². The Morgan fingerprint density at radius 3 is 2.65 bits per heavy atom. The fourth-order valence-electron chi connectivity index (χ4n) is 3.06. The lowest BCUT2D eigenvalue weighted by molar-refractivity contribution is -0.521. The summed E-state index contributed by atoms with van der Waals surface area (Å²) in [7, 11) is 0. The number of nitrogens with one attached hydrogen (secondary N) is 3. The fourth-order valence-corrected chi connectivity index (χ4v) is 3.06. The molecule has 1 amide bonds. The fraction of sp³-hybridized carbons (Fsp3) is 0.278. The minimum Gasteiger partial charge on any atom is -0.328 e. The molecule has 1 unspecified atom stereocenters. The van der Waals surface area contributed by atoms with Gasteiger partial charge in [0.2, 0.25) is 17.4 Å². The number of rotatable bonds is 4. The van der Waals surface area contributed by atoms with E-state index in [2.05, 4.69) is 15.3 Å². The maximum absolute atomic E-state index is 13.5. The Hall–Kier alpha value is -2.90. The summed E-state index contributed by atoms with van der Waals surface area (Å²) in [5.41, 5.74) is 0.571. The van der Waals surface area contributed by atoms with Gasteiger partial charge in [-0.05, 0) is 25.0 Å². The Kier molecular flexibility index (Phi) is 3.90. The van der Waals surface area contributed by atoms with E-state index in [4.69, 9.17) is 0 Å². The van der Waals surface area contributed by atoms with Crippen LogP contribution in [-0.2, 0) is 0 Å². The second kappa shape index (κ2) is 6.12. The highest BCUT2D eigenvalue weighted by molar-refractivity contribution is 5.98. The molecule has 1 aliphatic rings. The van der Waals surface area contributed by atoms with Crippen LogP contribution in [0.15, 0.2) is 48.8 Å². The predicted octanol–water partition coefficient (Wildman–Crippen LogP) is 2.48. The molecule has 3 aromatic rings. The number of nitrogens with zero attached hydrogens (tertiary/aromatic N) is 1. The number of hydrogen-bond donors (Lipinski definition) is 2. The van der Waals surface area contributed by atoms with Crippen molar-refractivity contribution in [2.45, 2.75) is 31.0 Å². The lowest BCUT2D eigenvalue weighted by Gasteiger charge is -2.17. The zero-order valence-corrected chi connectivity index (χ0v) is 13.7. The number of fused-ring (bicyclic) bond motifs is 1. The summed E-state index contributed by atoms with van der Waals surface area (Å²) in [5.74, 6) is 0.369. The Morgan fingerprint density at radius 1 is 1.23 bits per heavy atom. The summed E-state index contributed by atoms with van der Waals surface area (Å²) in [6.45, 7) is 0. The van der Waals surface area contributed by atoms with Gasteiger partial charge in [0.05, 0.1) is 12.1 Å². The van der Waals surface area contributed by atoms with Crippen LogP contribution in [0.4, 0.5) is 13.2 Å². The van der Waals surface area contributed by atoms with Crippen LogP contribution >= 0.6 is 0 Å². The van der Waals surface area contributed by atoms with Crippen LogP contribution in [0.3, 0.4) is 0 Å². The molecular formula is C18H17F3N4O+2. The first-order chi connectivity index (χ1) is 12.4. The summed E-state index contributed by atoms with van der Waals surface area (Å²) in [4.78, 5) is 18.3. The van der Waals surface area contributed by atoms with Crippen LogP contribution in [0, 0.1) is 0 Å². The molecule has 26 heavy (non-hydrogen) atoms. The van der Waals surface area contributed by atoms with Crippen molar-refractivity contribution in [1.82, 2.24) is 10.3 Å². The van der Waals surface area contributed by atoms with Gasteiger partial charge in [-0.2, -0.15) is 17.6 Å². The monoisotopic (exact) mass is 362 g/mol. The highest BCUT2D eigenvalue weighted by Crippen LogP contribution is 2.38. The minimum atomic E-state index is -4.62. The first-order valence-electron chi connectivity index (χ1n) is 8.31. The quantitative estimate of drug-likeness (QED) is 0.688. The lowest BCUT2D eigenvalue weighted by atomic mass is 10.1. The highest BCUT2D eigenvalue weighted by atomic mass is 19.4. The summed E-state index contributed by atoms with van der Waals surface area (Å²) < 4.78 is 42.3. The van der Waals surface area contributed by atoms with Gasteiger partial charge in [-0.3, -0.25) is 4.79 Å². The van der Waals surface area contributed by atoms with Crippen LogP contribution in [0.2, 0.25) is 0 Å². The number of carbonyl (C=O) groups excluding carboxylic acids is 1. The molecule has 3 aromatic heterocycles. The average molecular weight is 362 g/mol. The third kappa shape index (κ3) is 3.02. The Bertz CT molecular complexity index is 948. The van der Waals surface area contributed by atoms with Gasteiger partial charge in [0, 0.05) is 12.1 Å². The SMILES string of the molecule is O=C(NC(c1cccc[nH+]1)C(F)(F)F)c1[nH]c(C2CC2)[n+]2ccccc12. The molecule has 134 valence electrons. The number of pyridine rings is 2. The van der Waals surface area contributed by atoms with E-state index >= 15 is 0 Å². The number of imidazole rings is 1. The third-order valence-electron chi connectivity index (χ3n) is 4.47. The number of hydrogen-bond acceptors (Lipinski definition) is 1. The molecular weight excluding hydrogens is 345 g/mol. The van der Waals surface area contributed by atoms with E-state index in [1.54, 1.807) is 18.2 Å². The Labute approximate surface area is 146 Å². The molecule has 1 aliphatic carbocycles. The second-order valence-corrected chi connectivity index (χ2v) is 6.38. The highest BCUT2D eigenvalue weighted by Gasteiger charge is 2.46. The van der Waals surface area contributed by atoms with Crippen LogP contribution in [0.5, 0.6) is 0 Å². The number of carbonyl (C=O) groups is 1. The smallest absolute Gasteiger partial charge is 0.328 e. The van der Waals surface area contributed by atoms with Crippen molar-refractivity contribution < 1.29 is 27.4 Å². The molecule has 4 rings (SSSR count). The van der Waals surface area contributed by atoms with Gasteiger partial charge in [-0.1, -0.05) is 12.1 Å². The summed E-state index contributed by atoms with van der Waals surface area (Å²) >= 11 is 0. The number of alkyl halides is 3. The van der Waals surface area contributed by atoms with E-state index in [9.17, 15) is 18.0 Å². The molecule has 1 atom stereocenters. The van der Waals surface area contributed by atoms with Crippen LogP contribution in [0.1, 0.15) is 46.8 Å². The topological polar surface area (TPSA) is 63.1 Å². The first-order valence-corrected chi connectivity index (χ1v) is 8.31. The van der Waals surface area contributed by atoms with Crippen LogP contribution < -0.4 is 14.7 Å². The molecule has 0 aliphatic heterocycles. The number of aromatic amines is 2. The molecule has 0 bridgehead atoms. The first kappa shape index (κ1) is 16.6. The normalized spacial score (nSPS) is 15.8. The Morgan fingerprint density at radius 2 is 2.00 bits per heavy atom. The molecule has 0 radical (unpaired) electrons. The van der Waals surface area contributed by atoms with Gasteiger partial charge in [0.25, 0.3) is 11.7 Å². The predicted molar refractivity (Wildman–Crippen MR) is 85.2 cm³/mol. The van der Waals surface area contributed by atoms with E-state index in [-0.39, 0.29) is 11.4 Å². The number of aromatic nitrogens is 3. The molecule has 0 saturated heterocycles. The van der Waals surface area contributed by atoms with Crippen molar-refractivity contribution in [3.05, 3.63) is 66.0 Å². The standard InChI is InChI=1S/C18H15F3N4O/c19-18(20,21)15(12-5-1-3-9-22-12)24-17(26)14-13-6-2-4-10-25(13)16(23-14)11-7-8-11/h1-6,9-11,15H,7-8H2,(H,24,26)/p+2. The van der Waals surface area contributed by atoms with Gasteiger partial charge in [-0.25, -0.2) is 9.97 Å². The van der Waals surface area contributed by atoms with Gasteiger partial charge in [-0.15, -0.1) is 0 Å². The largest absolute Gasteiger partial charge is 0.418 e. The molecule has 0 spiro atoms. The van der Waals surface area contributed by atoms with E-state index in [1.807, 2.05) is 16.7 Å². The molecule has 8 heteroatoms. The average Bonchev–Trinajstić information content (AvgIpc) is 3.39. The maximum Gasteiger partial charge on any atom is 0.418 e. The summed E-state index contributed by atoms with van der Waals surface area (Å²) in [6.07, 6.45) is 0.585. The van der Waals surface area contributed by atoms with Crippen molar-refractivity contribution in [3.63, 3.8) is 0 Å². The maximum atomic E-state index is 13.5. The summed E-state index contributed by atoms with van der Waals surface area (Å²) in [5, 5.41) is 2.11. The zero-order valence-electron chi connectivity index (χ0n) is 13.7.